The molecule has 0 saturated carbocycles. The molecule has 1 aromatic carbocycles. The lowest BCUT2D eigenvalue weighted by Gasteiger charge is -2.34. The third-order valence-corrected chi connectivity index (χ3v) is 3.39. The molecule has 2 rings (SSSR count). The summed E-state index contributed by atoms with van der Waals surface area (Å²) in [5, 5.41) is 9.23. The van der Waals surface area contributed by atoms with Crippen molar-refractivity contribution in [3.05, 3.63) is 23.8 Å². The zero-order valence-corrected chi connectivity index (χ0v) is 10.4. The highest BCUT2D eigenvalue weighted by Gasteiger charge is 2.24. The molecule has 1 aliphatic heterocycles. The number of aromatic carboxylic acids is 1. The molecule has 0 aliphatic carbocycles. The number of nitrogens with zero attached hydrogens (tertiary/aromatic N) is 1. The number of hydrogen-bond donors (Lipinski definition) is 2. The van der Waals surface area contributed by atoms with Gasteiger partial charge in [0.15, 0.2) is 0 Å². The van der Waals surface area contributed by atoms with E-state index < -0.39 is 5.97 Å². The summed E-state index contributed by atoms with van der Waals surface area (Å²) in [4.78, 5) is 13.2. The molecule has 0 spiro atoms. The maximum absolute atomic E-state index is 11.3. The quantitative estimate of drug-likeness (QED) is 0.797. The molecule has 3 N–H and O–H groups in total. The third-order valence-electron chi connectivity index (χ3n) is 3.39. The summed E-state index contributed by atoms with van der Waals surface area (Å²) in [5.74, 6) is -0.948. The molecule has 1 fully saturated rings. The van der Waals surface area contributed by atoms with Crippen molar-refractivity contribution in [1.29, 1.82) is 0 Å². The SMILES string of the molecule is CN(c1c(N)cccc1C(=O)O)C1CCOCC1. The summed E-state index contributed by atoms with van der Waals surface area (Å²) in [7, 11) is 1.90. The van der Waals surface area contributed by atoms with Crippen LogP contribution in [0.1, 0.15) is 23.2 Å². The molecular formula is C13H18N2O3. The smallest absolute Gasteiger partial charge is 0.337 e. The fraction of sp³-hybridized carbons (Fsp3) is 0.462. The fourth-order valence-corrected chi connectivity index (χ4v) is 2.38. The number of carboxylic acid groups (broad SMARTS) is 1. The second kappa shape index (κ2) is 5.27. The summed E-state index contributed by atoms with van der Waals surface area (Å²) >= 11 is 0. The number of ether oxygens (including phenoxy) is 1. The number of rotatable bonds is 3. The van der Waals surface area contributed by atoms with E-state index in [1.54, 1.807) is 18.2 Å². The van der Waals surface area contributed by atoms with Crippen molar-refractivity contribution in [3.63, 3.8) is 0 Å². The number of nitrogens with two attached hydrogens (primary N) is 1. The molecule has 1 heterocycles. The van der Waals surface area contributed by atoms with Gasteiger partial charge in [-0.25, -0.2) is 4.79 Å². The molecule has 0 bridgehead atoms. The molecule has 98 valence electrons. The van der Waals surface area contributed by atoms with Gasteiger partial charge in [0.1, 0.15) is 0 Å². The number of para-hydroxylation sites is 1. The van der Waals surface area contributed by atoms with Gasteiger partial charge in [-0.05, 0) is 25.0 Å². The highest BCUT2D eigenvalue weighted by Crippen LogP contribution is 2.30. The zero-order valence-electron chi connectivity index (χ0n) is 10.4. The maximum Gasteiger partial charge on any atom is 0.337 e. The van der Waals surface area contributed by atoms with Gasteiger partial charge in [0.05, 0.1) is 16.9 Å². The van der Waals surface area contributed by atoms with Crippen LogP contribution in [0, 0.1) is 0 Å². The number of anilines is 2. The van der Waals surface area contributed by atoms with Crippen molar-refractivity contribution >= 4 is 17.3 Å². The minimum atomic E-state index is -0.948. The van der Waals surface area contributed by atoms with Gasteiger partial charge in [-0.2, -0.15) is 0 Å². The summed E-state index contributed by atoms with van der Waals surface area (Å²) in [5.41, 5.74) is 7.30. The van der Waals surface area contributed by atoms with Gasteiger partial charge in [0, 0.05) is 26.3 Å². The lowest BCUT2D eigenvalue weighted by molar-refractivity contribution is 0.0696. The predicted octanol–water partition coefficient (Wildman–Crippen LogP) is 1.58. The highest BCUT2D eigenvalue weighted by atomic mass is 16.5. The molecule has 0 unspecified atom stereocenters. The Hall–Kier alpha value is -1.75. The van der Waals surface area contributed by atoms with Crippen molar-refractivity contribution in [1.82, 2.24) is 0 Å². The van der Waals surface area contributed by atoms with E-state index in [-0.39, 0.29) is 11.6 Å². The number of benzene rings is 1. The van der Waals surface area contributed by atoms with E-state index in [9.17, 15) is 9.90 Å². The summed E-state index contributed by atoms with van der Waals surface area (Å²) in [6.45, 7) is 1.42. The first-order chi connectivity index (χ1) is 8.61. The standard InChI is InChI=1S/C13H18N2O3/c1-15(9-5-7-18-8-6-9)12-10(13(16)17)3-2-4-11(12)14/h2-4,9H,5-8,14H2,1H3,(H,16,17). The Morgan fingerprint density at radius 1 is 1.44 bits per heavy atom. The van der Waals surface area contributed by atoms with Gasteiger partial charge < -0.3 is 20.5 Å². The van der Waals surface area contributed by atoms with Gasteiger partial charge in [0.25, 0.3) is 0 Å². The van der Waals surface area contributed by atoms with E-state index in [1.807, 2.05) is 11.9 Å². The minimum Gasteiger partial charge on any atom is -0.478 e. The van der Waals surface area contributed by atoms with Crippen molar-refractivity contribution in [2.45, 2.75) is 18.9 Å². The maximum atomic E-state index is 11.3. The van der Waals surface area contributed by atoms with Crippen molar-refractivity contribution in [3.8, 4) is 0 Å². The zero-order chi connectivity index (χ0) is 13.1. The average Bonchev–Trinajstić information content (AvgIpc) is 2.38. The molecule has 1 saturated heterocycles. The highest BCUT2D eigenvalue weighted by molar-refractivity contribution is 5.98. The fourth-order valence-electron chi connectivity index (χ4n) is 2.38. The van der Waals surface area contributed by atoms with Crippen LogP contribution in [-0.4, -0.2) is 37.4 Å². The minimum absolute atomic E-state index is 0.254. The van der Waals surface area contributed by atoms with Crippen LogP contribution in [0.25, 0.3) is 0 Å². The van der Waals surface area contributed by atoms with Gasteiger partial charge in [-0.3, -0.25) is 0 Å². The second-order valence-corrected chi connectivity index (χ2v) is 4.50. The molecule has 0 atom stereocenters. The van der Waals surface area contributed by atoms with Gasteiger partial charge >= 0.3 is 5.97 Å². The van der Waals surface area contributed by atoms with Gasteiger partial charge in [-0.1, -0.05) is 6.07 Å². The van der Waals surface area contributed by atoms with Crippen LogP contribution >= 0.6 is 0 Å². The van der Waals surface area contributed by atoms with Gasteiger partial charge in [0.2, 0.25) is 0 Å². The van der Waals surface area contributed by atoms with E-state index in [4.69, 9.17) is 10.5 Å². The Balaban J connectivity index is 2.33. The Morgan fingerprint density at radius 3 is 2.72 bits per heavy atom. The predicted molar refractivity (Wildman–Crippen MR) is 70.1 cm³/mol. The van der Waals surface area contributed by atoms with Crippen molar-refractivity contribution in [2.75, 3.05) is 30.9 Å². The first-order valence-corrected chi connectivity index (χ1v) is 6.03. The molecule has 0 radical (unpaired) electrons. The van der Waals surface area contributed by atoms with Gasteiger partial charge in [-0.15, -0.1) is 0 Å². The first kappa shape index (κ1) is 12.7. The van der Waals surface area contributed by atoms with Crippen LogP contribution in [0.5, 0.6) is 0 Å². The molecule has 1 aromatic rings. The molecule has 5 heteroatoms. The largest absolute Gasteiger partial charge is 0.478 e. The average molecular weight is 250 g/mol. The third kappa shape index (κ3) is 2.41. The van der Waals surface area contributed by atoms with E-state index in [0.29, 0.717) is 24.6 Å². The number of hydrogen-bond acceptors (Lipinski definition) is 4. The van der Waals surface area contributed by atoms with E-state index in [1.165, 1.54) is 0 Å². The topological polar surface area (TPSA) is 75.8 Å². The summed E-state index contributed by atoms with van der Waals surface area (Å²) < 4.78 is 5.32. The Bertz CT molecular complexity index is 442. The van der Waals surface area contributed by atoms with Crippen LogP contribution in [0.4, 0.5) is 11.4 Å². The van der Waals surface area contributed by atoms with Crippen LogP contribution in [0.15, 0.2) is 18.2 Å². The monoisotopic (exact) mass is 250 g/mol. The van der Waals surface area contributed by atoms with Crippen molar-refractivity contribution < 1.29 is 14.6 Å². The lowest BCUT2D eigenvalue weighted by Crippen LogP contribution is -2.37. The molecule has 0 aromatic heterocycles. The van der Waals surface area contributed by atoms with Crippen LogP contribution in [0.2, 0.25) is 0 Å². The molecule has 1 aliphatic rings. The van der Waals surface area contributed by atoms with Crippen LogP contribution < -0.4 is 10.6 Å². The molecule has 18 heavy (non-hydrogen) atoms. The molecule has 5 nitrogen and oxygen atoms in total. The van der Waals surface area contributed by atoms with E-state index in [2.05, 4.69) is 0 Å². The van der Waals surface area contributed by atoms with Crippen LogP contribution in [-0.2, 0) is 4.74 Å². The normalized spacial score (nSPS) is 16.5. The Kier molecular flexibility index (Phi) is 3.72. The molecule has 0 amide bonds. The van der Waals surface area contributed by atoms with E-state index in [0.717, 1.165) is 12.8 Å². The Labute approximate surface area is 106 Å². The second-order valence-electron chi connectivity index (χ2n) is 4.50. The first-order valence-electron chi connectivity index (χ1n) is 6.03. The number of nitrogen functional groups attached to an aromatic ring is 1. The molecular weight excluding hydrogens is 232 g/mol. The number of carbonyl (C=O) groups is 1. The van der Waals surface area contributed by atoms with Crippen LogP contribution in [0.3, 0.4) is 0 Å². The summed E-state index contributed by atoms with van der Waals surface area (Å²) in [6.07, 6.45) is 1.79. The van der Waals surface area contributed by atoms with Crippen molar-refractivity contribution in [2.24, 2.45) is 0 Å². The van der Waals surface area contributed by atoms with E-state index >= 15 is 0 Å². The summed E-state index contributed by atoms with van der Waals surface area (Å²) in [6, 6.07) is 5.27. The lowest BCUT2D eigenvalue weighted by atomic mass is 10.0. The Morgan fingerprint density at radius 2 is 2.11 bits per heavy atom. The number of carboxylic acids is 1.